The van der Waals surface area contributed by atoms with Crippen molar-refractivity contribution in [1.29, 1.82) is 0 Å². The van der Waals surface area contributed by atoms with Crippen LogP contribution in [-0.4, -0.2) is 33.1 Å². The van der Waals surface area contributed by atoms with Crippen LogP contribution in [0, 0.1) is 5.92 Å². The number of ether oxygens (including phenoxy) is 3. The molecule has 0 bridgehead atoms. The predicted octanol–water partition coefficient (Wildman–Crippen LogP) is 4.72. The van der Waals surface area contributed by atoms with Gasteiger partial charge in [0.2, 0.25) is 11.7 Å². The average molecular weight is 441 g/mol. The van der Waals surface area contributed by atoms with Crippen LogP contribution >= 0.6 is 0 Å². The van der Waals surface area contributed by atoms with Gasteiger partial charge in [0.1, 0.15) is 0 Å². The van der Waals surface area contributed by atoms with Crippen LogP contribution in [0.1, 0.15) is 61.0 Å². The first-order valence-corrected chi connectivity index (χ1v) is 11.0. The fourth-order valence-corrected chi connectivity index (χ4v) is 4.06. The molecular weight excluding hydrogens is 408 g/mol. The standard InChI is InChI=1S/C25H32N2O5/c1-16(19-14-21(30-2)23(32-4)22(15-19)31-3)26-25(29)18-11-8-12-20(13-18)27-24(28)17-9-6-5-7-10-17/h8,11-17H,5-7,9-10H2,1-4H3,(H,26,29)(H,27,28). The number of hydrogen-bond donors (Lipinski definition) is 2. The van der Waals surface area contributed by atoms with E-state index in [4.69, 9.17) is 14.2 Å². The number of hydrogen-bond acceptors (Lipinski definition) is 5. The summed E-state index contributed by atoms with van der Waals surface area (Å²) in [7, 11) is 4.65. The van der Waals surface area contributed by atoms with Crippen LogP contribution in [0.15, 0.2) is 36.4 Å². The minimum absolute atomic E-state index is 0.0352. The highest BCUT2D eigenvalue weighted by Crippen LogP contribution is 2.39. The lowest BCUT2D eigenvalue weighted by Gasteiger charge is -2.21. The first-order valence-electron chi connectivity index (χ1n) is 11.0. The summed E-state index contributed by atoms with van der Waals surface area (Å²) >= 11 is 0. The van der Waals surface area contributed by atoms with Crippen LogP contribution in [0.3, 0.4) is 0 Å². The Kier molecular flexibility index (Phi) is 7.98. The fraction of sp³-hybridized carbons (Fsp3) is 0.440. The molecule has 2 aromatic rings. The molecule has 32 heavy (non-hydrogen) atoms. The predicted molar refractivity (Wildman–Crippen MR) is 124 cm³/mol. The summed E-state index contributed by atoms with van der Waals surface area (Å²) in [5, 5.41) is 5.96. The monoisotopic (exact) mass is 440 g/mol. The zero-order chi connectivity index (χ0) is 23.1. The summed E-state index contributed by atoms with van der Waals surface area (Å²) in [5.41, 5.74) is 1.93. The zero-order valence-corrected chi connectivity index (χ0v) is 19.2. The summed E-state index contributed by atoms with van der Waals surface area (Å²) < 4.78 is 16.2. The second-order valence-corrected chi connectivity index (χ2v) is 8.06. The van der Waals surface area contributed by atoms with Crippen molar-refractivity contribution in [2.75, 3.05) is 26.6 Å². The van der Waals surface area contributed by atoms with Crippen LogP contribution in [0.5, 0.6) is 17.2 Å². The van der Waals surface area contributed by atoms with Crippen LogP contribution in [0.2, 0.25) is 0 Å². The van der Waals surface area contributed by atoms with Gasteiger partial charge in [0.15, 0.2) is 11.5 Å². The summed E-state index contributed by atoms with van der Waals surface area (Å²) in [4.78, 5) is 25.4. The van der Waals surface area contributed by atoms with Gasteiger partial charge < -0.3 is 24.8 Å². The molecule has 1 fully saturated rings. The Hall–Kier alpha value is -3.22. The second kappa shape index (κ2) is 10.9. The Morgan fingerprint density at radius 3 is 2.19 bits per heavy atom. The third-order valence-electron chi connectivity index (χ3n) is 5.90. The maximum absolute atomic E-state index is 12.9. The zero-order valence-electron chi connectivity index (χ0n) is 19.2. The van der Waals surface area contributed by atoms with E-state index in [1.54, 1.807) is 45.6 Å². The van der Waals surface area contributed by atoms with Gasteiger partial charge in [-0.25, -0.2) is 0 Å². The fourth-order valence-electron chi connectivity index (χ4n) is 4.06. The highest BCUT2D eigenvalue weighted by Gasteiger charge is 2.22. The molecule has 1 atom stereocenters. The van der Waals surface area contributed by atoms with E-state index >= 15 is 0 Å². The lowest BCUT2D eigenvalue weighted by molar-refractivity contribution is -0.120. The first kappa shape index (κ1) is 23.4. The molecule has 172 valence electrons. The van der Waals surface area contributed by atoms with E-state index < -0.39 is 0 Å². The third-order valence-corrected chi connectivity index (χ3v) is 5.90. The molecule has 3 rings (SSSR count). The first-order chi connectivity index (χ1) is 15.5. The molecule has 0 heterocycles. The van der Waals surface area contributed by atoms with Gasteiger partial charge in [0.25, 0.3) is 5.91 Å². The average Bonchev–Trinajstić information content (AvgIpc) is 2.83. The van der Waals surface area contributed by atoms with E-state index in [9.17, 15) is 9.59 Å². The third kappa shape index (κ3) is 5.52. The molecule has 1 unspecified atom stereocenters. The Morgan fingerprint density at radius 2 is 1.59 bits per heavy atom. The lowest BCUT2D eigenvalue weighted by Crippen LogP contribution is -2.27. The molecule has 7 heteroatoms. The Labute approximate surface area is 189 Å². The van der Waals surface area contributed by atoms with Crippen molar-refractivity contribution < 1.29 is 23.8 Å². The van der Waals surface area contributed by atoms with Crippen LogP contribution in [0.4, 0.5) is 5.69 Å². The quantitative estimate of drug-likeness (QED) is 0.620. The van der Waals surface area contributed by atoms with Gasteiger partial charge in [-0.15, -0.1) is 0 Å². The molecule has 0 aliphatic heterocycles. The molecule has 2 aromatic carbocycles. The smallest absolute Gasteiger partial charge is 0.251 e. The number of amides is 2. The molecule has 0 saturated heterocycles. The summed E-state index contributed by atoms with van der Waals surface area (Å²) in [6.07, 6.45) is 5.25. The van der Waals surface area contributed by atoms with E-state index in [1.807, 2.05) is 19.1 Å². The highest BCUT2D eigenvalue weighted by molar-refractivity contribution is 5.97. The molecule has 2 N–H and O–H groups in total. The number of carbonyl (C=O) groups is 2. The summed E-state index contributed by atoms with van der Waals surface area (Å²) in [5.74, 6) is 1.40. The van der Waals surface area contributed by atoms with Gasteiger partial charge in [-0.05, 0) is 55.7 Å². The largest absolute Gasteiger partial charge is 0.493 e. The van der Waals surface area contributed by atoms with E-state index in [1.165, 1.54) is 6.42 Å². The minimum atomic E-state index is -0.309. The minimum Gasteiger partial charge on any atom is -0.493 e. The molecule has 0 spiro atoms. The molecule has 7 nitrogen and oxygen atoms in total. The lowest BCUT2D eigenvalue weighted by atomic mass is 9.88. The van der Waals surface area contributed by atoms with Crippen molar-refractivity contribution in [3.63, 3.8) is 0 Å². The number of rotatable bonds is 8. The van der Waals surface area contributed by atoms with Gasteiger partial charge in [-0.3, -0.25) is 9.59 Å². The molecule has 2 amide bonds. The summed E-state index contributed by atoms with van der Waals surface area (Å²) in [6, 6.07) is 10.3. The molecule has 1 saturated carbocycles. The van der Waals surface area contributed by atoms with E-state index in [2.05, 4.69) is 10.6 Å². The molecular formula is C25H32N2O5. The maximum Gasteiger partial charge on any atom is 0.251 e. The number of methoxy groups -OCH3 is 3. The van der Waals surface area contributed by atoms with Crippen molar-refractivity contribution in [3.05, 3.63) is 47.5 Å². The Morgan fingerprint density at radius 1 is 0.938 bits per heavy atom. The summed E-state index contributed by atoms with van der Waals surface area (Å²) in [6.45, 7) is 1.88. The van der Waals surface area contributed by atoms with E-state index in [0.717, 1.165) is 31.2 Å². The highest BCUT2D eigenvalue weighted by atomic mass is 16.5. The number of benzene rings is 2. The molecule has 0 radical (unpaired) electrons. The van der Waals surface area contributed by atoms with Gasteiger partial charge >= 0.3 is 0 Å². The Bertz CT molecular complexity index is 928. The normalized spacial score (nSPS) is 14.9. The van der Waals surface area contributed by atoms with Crippen molar-refractivity contribution in [3.8, 4) is 17.2 Å². The SMILES string of the molecule is COc1cc(C(C)NC(=O)c2cccc(NC(=O)C3CCCCC3)c2)cc(OC)c1OC. The number of anilines is 1. The number of nitrogens with one attached hydrogen (secondary N) is 2. The van der Waals surface area contributed by atoms with Crippen LogP contribution in [0.25, 0.3) is 0 Å². The maximum atomic E-state index is 12.9. The molecule has 0 aromatic heterocycles. The van der Waals surface area contributed by atoms with Crippen molar-refractivity contribution in [2.45, 2.75) is 45.1 Å². The van der Waals surface area contributed by atoms with E-state index in [-0.39, 0.29) is 23.8 Å². The van der Waals surface area contributed by atoms with Gasteiger partial charge in [0.05, 0.1) is 27.4 Å². The van der Waals surface area contributed by atoms with Crippen molar-refractivity contribution >= 4 is 17.5 Å². The molecule has 1 aliphatic carbocycles. The second-order valence-electron chi connectivity index (χ2n) is 8.06. The molecule has 1 aliphatic rings. The van der Waals surface area contributed by atoms with Gasteiger partial charge in [-0.1, -0.05) is 25.3 Å². The van der Waals surface area contributed by atoms with Gasteiger partial charge in [-0.2, -0.15) is 0 Å². The Balaban J connectivity index is 1.70. The van der Waals surface area contributed by atoms with Crippen LogP contribution < -0.4 is 24.8 Å². The van der Waals surface area contributed by atoms with Gasteiger partial charge in [0, 0.05) is 17.2 Å². The van der Waals surface area contributed by atoms with Crippen molar-refractivity contribution in [1.82, 2.24) is 5.32 Å². The van der Waals surface area contributed by atoms with E-state index in [0.29, 0.717) is 28.5 Å². The van der Waals surface area contributed by atoms with Crippen molar-refractivity contribution in [2.24, 2.45) is 5.92 Å². The number of carbonyl (C=O) groups excluding carboxylic acids is 2. The van der Waals surface area contributed by atoms with Crippen LogP contribution in [-0.2, 0) is 4.79 Å². The topological polar surface area (TPSA) is 85.9 Å².